The first-order valence-corrected chi connectivity index (χ1v) is 18.6. The summed E-state index contributed by atoms with van der Waals surface area (Å²) in [7, 11) is 0. The number of rotatable bonds is 8. The molecule has 4 aliphatic rings. The largest absolute Gasteiger partial charge is 0.483 e. The highest BCUT2D eigenvalue weighted by atomic mass is 79.9. The molecule has 8 rings (SSSR count). The van der Waals surface area contributed by atoms with Gasteiger partial charge < -0.3 is 19.8 Å². The van der Waals surface area contributed by atoms with Gasteiger partial charge in [0.15, 0.2) is 6.61 Å². The van der Waals surface area contributed by atoms with E-state index < -0.39 is 29.5 Å². The number of thioether (sulfide) groups is 1. The lowest BCUT2D eigenvalue weighted by molar-refractivity contribution is -0.123. The van der Waals surface area contributed by atoms with Gasteiger partial charge in [0.25, 0.3) is 5.91 Å². The number of aromatic amines is 1. The van der Waals surface area contributed by atoms with Crippen molar-refractivity contribution in [2.75, 3.05) is 23.4 Å². The zero-order valence-corrected chi connectivity index (χ0v) is 29.6. The predicted octanol–water partition coefficient (Wildman–Crippen LogP) is 6.21. The fraction of sp³-hybridized carbons (Fsp3) is 0.306. The van der Waals surface area contributed by atoms with Gasteiger partial charge in [-0.05, 0) is 97.8 Å². The second-order valence-electron chi connectivity index (χ2n) is 12.8. The van der Waals surface area contributed by atoms with Gasteiger partial charge >= 0.3 is 10.8 Å². The summed E-state index contributed by atoms with van der Waals surface area (Å²) in [6.07, 6.45) is 0.699. The van der Waals surface area contributed by atoms with E-state index in [0.29, 0.717) is 29.1 Å². The number of imide groups is 1. The molecule has 3 heterocycles. The van der Waals surface area contributed by atoms with E-state index in [0.717, 1.165) is 31.3 Å². The van der Waals surface area contributed by atoms with Crippen molar-refractivity contribution >= 4 is 74.1 Å². The SMILES string of the molecule is CCOC(=O)c1ccc(N2C(=O)C3C4CC(C3C2=O)C2C4Sc3[nH]c(=O)sc3[C@@H]2c2cc(Br)ccc2OCC(=O)Nc2ccc(F)cc2)cc1. The molecule has 3 amide bonds. The van der Waals surface area contributed by atoms with Crippen LogP contribution in [-0.2, 0) is 19.1 Å². The van der Waals surface area contributed by atoms with Gasteiger partial charge in [0, 0.05) is 31.8 Å². The number of H-pyrrole nitrogens is 1. The van der Waals surface area contributed by atoms with Crippen LogP contribution in [0.25, 0.3) is 0 Å². The van der Waals surface area contributed by atoms with Crippen molar-refractivity contribution in [2.45, 2.75) is 29.5 Å². The minimum Gasteiger partial charge on any atom is -0.483 e. The Labute approximate surface area is 301 Å². The number of aromatic nitrogens is 1. The maximum absolute atomic E-state index is 14.2. The molecule has 0 radical (unpaired) electrons. The smallest absolute Gasteiger partial charge is 0.338 e. The van der Waals surface area contributed by atoms with Gasteiger partial charge in [0.2, 0.25) is 11.8 Å². The summed E-state index contributed by atoms with van der Waals surface area (Å²) in [5, 5.41) is 3.40. The van der Waals surface area contributed by atoms with Crippen LogP contribution in [0.15, 0.2) is 81.0 Å². The summed E-state index contributed by atoms with van der Waals surface area (Å²) in [4.78, 5) is 71.0. The highest BCUT2D eigenvalue weighted by molar-refractivity contribution is 9.10. The molecule has 3 fully saturated rings. The zero-order valence-electron chi connectivity index (χ0n) is 26.4. The quantitative estimate of drug-likeness (QED) is 0.159. The summed E-state index contributed by atoms with van der Waals surface area (Å²) in [5.41, 5.74) is 1.95. The summed E-state index contributed by atoms with van der Waals surface area (Å²) in [5.74, 6) is -3.07. The maximum Gasteiger partial charge on any atom is 0.338 e. The first-order chi connectivity index (χ1) is 24.1. The number of nitrogens with one attached hydrogen (secondary N) is 2. The van der Waals surface area contributed by atoms with E-state index in [4.69, 9.17) is 9.47 Å². The molecule has 2 bridgehead atoms. The van der Waals surface area contributed by atoms with Crippen molar-refractivity contribution in [3.8, 4) is 5.75 Å². The number of fused-ring (bicyclic) bond motifs is 9. The normalized spacial score (nSPS) is 26.0. The number of carbonyl (C=O) groups excluding carboxylic acids is 4. The van der Waals surface area contributed by atoms with Crippen molar-refractivity contribution in [1.29, 1.82) is 0 Å². The molecule has 3 aromatic carbocycles. The van der Waals surface area contributed by atoms with Gasteiger partial charge in [-0.1, -0.05) is 27.3 Å². The van der Waals surface area contributed by atoms with E-state index in [-0.39, 0.29) is 58.8 Å². The molecule has 2 aliphatic carbocycles. The summed E-state index contributed by atoms with van der Waals surface area (Å²) < 4.78 is 25.3. The Morgan fingerprint density at radius 2 is 1.72 bits per heavy atom. The Balaban J connectivity index is 1.11. The van der Waals surface area contributed by atoms with E-state index in [1.807, 2.05) is 12.1 Å². The lowest BCUT2D eigenvalue weighted by Gasteiger charge is -2.43. The van der Waals surface area contributed by atoms with Gasteiger partial charge in [0.05, 0.1) is 34.7 Å². The van der Waals surface area contributed by atoms with Crippen LogP contribution in [0.2, 0.25) is 0 Å². The average molecular weight is 779 g/mol. The molecule has 256 valence electrons. The second-order valence-corrected chi connectivity index (χ2v) is 15.9. The highest BCUT2D eigenvalue weighted by Crippen LogP contribution is 2.69. The summed E-state index contributed by atoms with van der Waals surface area (Å²) in [6, 6.07) is 17.3. The number of esters is 1. The van der Waals surface area contributed by atoms with E-state index >= 15 is 0 Å². The van der Waals surface area contributed by atoms with Crippen molar-refractivity contribution in [3.05, 3.63) is 103 Å². The minimum atomic E-state index is -0.531. The molecule has 0 spiro atoms. The fourth-order valence-corrected chi connectivity index (χ4v) is 11.6. The Bertz CT molecular complexity index is 2100. The first-order valence-electron chi connectivity index (χ1n) is 16.1. The van der Waals surface area contributed by atoms with E-state index in [1.165, 1.54) is 29.2 Å². The van der Waals surface area contributed by atoms with Crippen LogP contribution in [0, 0.1) is 35.4 Å². The predicted molar refractivity (Wildman–Crippen MR) is 188 cm³/mol. The second kappa shape index (κ2) is 12.8. The average Bonchev–Trinajstić information content (AvgIpc) is 3.84. The molecule has 2 N–H and O–H groups in total. The number of carbonyl (C=O) groups is 4. The standard InChI is InChI=1S/C36H29BrFN3O7S2/c1-2-47-35(45)16-3-10-20(11-4-16)41-33(43)28-22-14-23(29(28)34(41)44)30-27(22)26(31-32(49-30)40-36(46)50-31)21-13-17(37)5-12-24(21)48-15-25(42)39-19-8-6-18(38)7-9-19/h3-13,22-23,26-30H,2,14-15H2,1H3,(H,39,42)(H,40,46)/t22?,23?,26-,27?,28?,29?,30?/m1/s1. The van der Waals surface area contributed by atoms with Crippen LogP contribution in [0.3, 0.4) is 0 Å². The number of ether oxygens (including phenoxy) is 2. The van der Waals surface area contributed by atoms with Crippen molar-refractivity contribution in [2.24, 2.45) is 29.6 Å². The molecule has 1 saturated heterocycles. The molecule has 6 unspecified atom stereocenters. The zero-order chi connectivity index (χ0) is 34.8. The van der Waals surface area contributed by atoms with Gasteiger partial charge in [-0.3, -0.25) is 24.1 Å². The van der Waals surface area contributed by atoms with Gasteiger partial charge in [-0.15, -0.1) is 11.8 Å². The first kappa shape index (κ1) is 32.9. The Kier molecular flexibility index (Phi) is 8.43. The maximum atomic E-state index is 14.2. The molecule has 14 heteroatoms. The molecule has 1 aromatic heterocycles. The van der Waals surface area contributed by atoms with Crippen molar-refractivity contribution in [3.63, 3.8) is 0 Å². The monoisotopic (exact) mass is 777 g/mol. The number of thiazole rings is 1. The van der Waals surface area contributed by atoms with Gasteiger partial charge in [0.1, 0.15) is 11.6 Å². The van der Waals surface area contributed by atoms with Crippen LogP contribution in [0.1, 0.15) is 40.1 Å². The third kappa shape index (κ3) is 5.48. The van der Waals surface area contributed by atoms with Crippen molar-refractivity contribution in [1.82, 2.24) is 4.98 Å². The van der Waals surface area contributed by atoms with E-state index in [1.54, 1.807) is 49.0 Å². The van der Waals surface area contributed by atoms with Crippen molar-refractivity contribution < 1.29 is 33.0 Å². The fourth-order valence-electron chi connectivity index (χ4n) is 8.35. The molecular weight excluding hydrogens is 749 g/mol. The Hall–Kier alpha value is -4.27. The number of amides is 3. The molecular formula is C36H29BrFN3O7S2. The van der Waals surface area contributed by atoms with Crippen LogP contribution >= 0.6 is 39.0 Å². The van der Waals surface area contributed by atoms with Crippen LogP contribution in [-0.4, -0.2) is 47.1 Å². The minimum absolute atomic E-state index is 0.0551. The lowest BCUT2D eigenvalue weighted by Crippen LogP contribution is -2.42. The molecule has 4 aromatic rings. The van der Waals surface area contributed by atoms with Crippen LogP contribution in [0.5, 0.6) is 5.75 Å². The summed E-state index contributed by atoms with van der Waals surface area (Å²) in [6.45, 7) is 1.64. The number of benzene rings is 3. The van der Waals surface area contributed by atoms with Gasteiger partial charge in [-0.25, -0.2) is 9.18 Å². The number of anilines is 2. The number of hydrogen-bond donors (Lipinski definition) is 2. The third-order valence-corrected chi connectivity index (χ3v) is 13.2. The lowest BCUT2D eigenvalue weighted by atomic mass is 9.68. The molecule has 50 heavy (non-hydrogen) atoms. The Morgan fingerprint density at radius 1 is 1.00 bits per heavy atom. The van der Waals surface area contributed by atoms with E-state index in [2.05, 4.69) is 26.2 Å². The van der Waals surface area contributed by atoms with E-state index in [9.17, 15) is 28.4 Å². The number of hydrogen-bond acceptors (Lipinski definition) is 9. The van der Waals surface area contributed by atoms with Gasteiger partial charge in [-0.2, -0.15) is 0 Å². The topological polar surface area (TPSA) is 135 Å². The van der Waals surface area contributed by atoms with Crippen LogP contribution < -0.4 is 19.8 Å². The highest BCUT2D eigenvalue weighted by Gasteiger charge is 2.70. The third-order valence-electron chi connectivity index (χ3n) is 10.2. The molecule has 2 saturated carbocycles. The molecule has 7 atom stereocenters. The number of nitrogens with zero attached hydrogens (tertiary/aromatic N) is 1. The molecule has 10 nitrogen and oxygen atoms in total. The Morgan fingerprint density at radius 3 is 2.44 bits per heavy atom. The molecule has 2 aliphatic heterocycles. The summed E-state index contributed by atoms with van der Waals surface area (Å²) >= 11 is 6.31. The number of halogens is 2. The van der Waals surface area contributed by atoms with Crippen LogP contribution in [0.4, 0.5) is 15.8 Å².